The SMILES string of the molecule is CCCC(N)C(C)(C)Oc1ccc(-c2cc(NC(=O)OC)ncn2)c(F)c1F. The number of hydrogen-bond donors (Lipinski definition) is 2. The van der Waals surface area contributed by atoms with Crippen molar-refractivity contribution in [3.8, 4) is 17.0 Å². The Kier molecular flexibility index (Phi) is 6.85. The summed E-state index contributed by atoms with van der Waals surface area (Å²) < 4.78 is 39.4. The van der Waals surface area contributed by atoms with E-state index in [0.29, 0.717) is 6.42 Å². The topological polar surface area (TPSA) is 99.4 Å². The van der Waals surface area contributed by atoms with E-state index in [0.717, 1.165) is 12.7 Å². The van der Waals surface area contributed by atoms with Crippen molar-refractivity contribution in [1.29, 1.82) is 0 Å². The van der Waals surface area contributed by atoms with Crippen LogP contribution in [0.1, 0.15) is 33.6 Å². The molecule has 0 aliphatic carbocycles. The van der Waals surface area contributed by atoms with Crippen molar-refractivity contribution in [1.82, 2.24) is 9.97 Å². The Hall–Kier alpha value is -2.81. The van der Waals surface area contributed by atoms with Crippen molar-refractivity contribution in [2.45, 2.75) is 45.3 Å². The smallest absolute Gasteiger partial charge is 0.412 e. The average Bonchev–Trinajstić information content (AvgIpc) is 2.65. The molecule has 2 rings (SSSR count). The van der Waals surface area contributed by atoms with Crippen LogP contribution in [0, 0.1) is 11.6 Å². The van der Waals surface area contributed by atoms with Gasteiger partial charge >= 0.3 is 6.09 Å². The highest BCUT2D eigenvalue weighted by Crippen LogP contribution is 2.32. The zero-order valence-corrected chi connectivity index (χ0v) is 16.3. The molecule has 1 unspecified atom stereocenters. The molecule has 0 saturated heterocycles. The summed E-state index contributed by atoms with van der Waals surface area (Å²) in [4.78, 5) is 19.0. The van der Waals surface area contributed by atoms with Crippen LogP contribution in [0.25, 0.3) is 11.3 Å². The maximum absolute atomic E-state index is 14.7. The molecule has 0 spiro atoms. The van der Waals surface area contributed by atoms with Gasteiger partial charge in [0.05, 0.1) is 12.8 Å². The standard InChI is InChI=1S/C19H24F2N4O3/c1-5-6-14(22)19(2,3)28-13-8-7-11(16(20)17(13)21)12-9-15(24-10-23-12)25-18(26)27-4/h7-10,14H,5-6,22H2,1-4H3,(H,23,24,25,26). The minimum absolute atomic E-state index is 0.0867. The Morgan fingerprint density at radius 2 is 2.00 bits per heavy atom. The lowest BCUT2D eigenvalue weighted by molar-refractivity contribution is 0.0705. The number of carbonyl (C=O) groups is 1. The van der Waals surface area contributed by atoms with Crippen LogP contribution in [-0.2, 0) is 4.74 Å². The zero-order valence-electron chi connectivity index (χ0n) is 16.3. The second kappa shape index (κ2) is 8.92. The zero-order chi connectivity index (χ0) is 20.9. The molecule has 7 nitrogen and oxygen atoms in total. The molecule has 1 aromatic heterocycles. The third-order valence-electron chi connectivity index (χ3n) is 4.27. The number of hydrogen-bond acceptors (Lipinski definition) is 6. The molecule has 1 amide bonds. The fourth-order valence-corrected chi connectivity index (χ4v) is 2.55. The second-order valence-electron chi connectivity index (χ2n) is 6.74. The van der Waals surface area contributed by atoms with E-state index in [1.165, 1.54) is 25.3 Å². The van der Waals surface area contributed by atoms with Gasteiger partial charge in [0, 0.05) is 17.7 Å². The maximum atomic E-state index is 14.7. The van der Waals surface area contributed by atoms with Crippen LogP contribution in [0.5, 0.6) is 5.75 Å². The molecular weight excluding hydrogens is 370 g/mol. The van der Waals surface area contributed by atoms with Gasteiger partial charge in [-0.1, -0.05) is 13.3 Å². The highest BCUT2D eigenvalue weighted by atomic mass is 19.2. The average molecular weight is 394 g/mol. The van der Waals surface area contributed by atoms with E-state index in [-0.39, 0.29) is 28.9 Å². The monoisotopic (exact) mass is 394 g/mol. The number of nitrogens with zero attached hydrogens (tertiary/aromatic N) is 2. The number of carbonyl (C=O) groups excluding carboxylic acids is 1. The van der Waals surface area contributed by atoms with Crippen molar-refractivity contribution in [2.75, 3.05) is 12.4 Å². The van der Waals surface area contributed by atoms with Crippen LogP contribution in [0.3, 0.4) is 0 Å². The van der Waals surface area contributed by atoms with Gasteiger partial charge < -0.3 is 15.2 Å². The Labute approximate surface area is 162 Å². The lowest BCUT2D eigenvalue weighted by Crippen LogP contribution is -2.47. The van der Waals surface area contributed by atoms with E-state index in [9.17, 15) is 13.6 Å². The first-order valence-electron chi connectivity index (χ1n) is 8.79. The van der Waals surface area contributed by atoms with Crippen LogP contribution >= 0.6 is 0 Å². The molecule has 0 aliphatic rings. The van der Waals surface area contributed by atoms with Crippen LogP contribution in [0.2, 0.25) is 0 Å². The van der Waals surface area contributed by atoms with Gasteiger partial charge in [-0.3, -0.25) is 5.32 Å². The molecule has 3 N–H and O–H groups in total. The number of rotatable bonds is 7. The molecule has 0 saturated carbocycles. The third-order valence-corrected chi connectivity index (χ3v) is 4.27. The number of benzene rings is 1. The van der Waals surface area contributed by atoms with Crippen molar-refractivity contribution in [3.63, 3.8) is 0 Å². The molecule has 152 valence electrons. The lowest BCUT2D eigenvalue weighted by atomic mass is 9.95. The Morgan fingerprint density at radius 1 is 1.29 bits per heavy atom. The van der Waals surface area contributed by atoms with Gasteiger partial charge in [0.1, 0.15) is 17.7 Å². The third kappa shape index (κ3) is 4.92. The number of nitrogens with one attached hydrogen (secondary N) is 1. The first-order chi connectivity index (χ1) is 13.2. The van der Waals surface area contributed by atoms with Gasteiger partial charge in [0.25, 0.3) is 0 Å². The highest BCUT2D eigenvalue weighted by molar-refractivity contribution is 5.84. The van der Waals surface area contributed by atoms with Crippen LogP contribution in [0.15, 0.2) is 24.5 Å². The van der Waals surface area contributed by atoms with Gasteiger partial charge in [-0.2, -0.15) is 4.39 Å². The summed E-state index contributed by atoms with van der Waals surface area (Å²) >= 11 is 0. The molecular formula is C19H24F2N4O3. The van der Waals surface area contributed by atoms with E-state index in [1.54, 1.807) is 13.8 Å². The van der Waals surface area contributed by atoms with Gasteiger partial charge in [-0.25, -0.2) is 19.2 Å². The number of nitrogens with two attached hydrogens (primary N) is 1. The molecule has 2 aromatic rings. The number of anilines is 1. The van der Waals surface area contributed by atoms with Crippen LogP contribution in [-0.4, -0.2) is 34.8 Å². The summed E-state index contributed by atoms with van der Waals surface area (Å²) in [6.45, 7) is 5.44. The molecule has 9 heteroatoms. The predicted molar refractivity (Wildman–Crippen MR) is 101 cm³/mol. The van der Waals surface area contributed by atoms with Crippen LogP contribution in [0.4, 0.5) is 19.4 Å². The Bertz CT molecular complexity index is 846. The fourth-order valence-electron chi connectivity index (χ4n) is 2.55. The van der Waals surface area contributed by atoms with E-state index in [4.69, 9.17) is 10.5 Å². The first-order valence-corrected chi connectivity index (χ1v) is 8.79. The van der Waals surface area contributed by atoms with Crippen molar-refractivity contribution in [3.05, 3.63) is 36.2 Å². The summed E-state index contributed by atoms with van der Waals surface area (Å²) in [5.74, 6) is -2.42. The van der Waals surface area contributed by atoms with Gasteiger partial charge in [-0.05, 0) is 32.4 Å². The highest BCUT2D eigenvalue weighted by Gasteiger charge is 2.30. The summed E-state index contributed by atoms with van der Waals surface area (Å²) in [7, 11) is 1.19. The summed E-state index contributed by atoms with van der Waals surface area (Å²) in [6, 6.07) is 3.63. The van der Waals surface area contributed by atoms with Gasteiger partial charge in [0.15, 0.2) is 11.6 Å². The van der Waals surface area contributed by atoms with Crippen molar-refractivity contribution >= 4 is 11.9 Å². The lowest BCUT2D eigenvalue weighted by Gasteiger charge is -2.32. The largest absolute Gasteiger partial charge is 0.483 e. The van der Waals surface area contributed by atoms with Crippen LogP contribution < -0.4 is 15.8 Å². The molecule has 1 atom stereocenters. The molecule has 0 bridgehead atoms. The molecule has 0 radical (unpaired) electrons. The maximum Gasteiger partial charge on any atom is 0.412 e. The summed E-state index contributed by atoms with van der Waals surface area (Å²) in [5, 5.41) is 2.34. The molecule has 0 aliphatic heterocycles. The molecule has 1 heterocycles. The van der Waals surface area contributed by atoms with E-state index in [2.05, 4.69) is 20.0 Å². The predicted octanol–water partition coefficient (Wildman–Crippen LogP) is 3.88. The Balaban J connectivity index is 2.32. The minimum Gasteiger partial charge on any atom is -0.483 e. The Morgan fingerprint density at radius 3 is 2.64 bits per heavy atom. The quantitative estimate of drug-likeness (QED) is 0.739. The molecule has 0 fully saturated rings. The first kappa shape index (κ1) is 21.5. The second-order valence-corrected chi connectivity index (χ2v) is 6.74. The number of ether oxygens (including phenoxy) is 2. The number of amides is 1. The summed E-state index contributed by atoms with van der Waals surface area (Å²) in [6.07, 6.45) is 1.91. The van der Waals surface area contributed by atoms with Crippen molar-refractivity contribution < 1.29 is 23.0 Å². The van der Waals surface area contributed by atoms with E-state index in [1.807, 2.05) is 6.92 Å². The van der Waals surface area contributed by atoms with E-state index >= 15 is 0 Å². The van der Waals surface area contributed by atoms with E-state index < -0.39 is 23.3 Å². The molecule has 28 heavy (non-hydrogen) atoms. The fraction of sp³-hybridized carbons (Fsp3) is 0.421. The minimum atomic E-state index is -1.14. The normalized spacial score (nSPS) is 12.4. The summed E-state index contributed by atoms with van der Waals surface area (Å²) in [5.41, 5.74) is 5.19. The number of aromatic nitrogens is 2. The van der Waals surface area contributed by atoms with Gasteiger partial charge in [0.2, 0.25) is 5.82 Å². The molecule has 1 aromatic carbocycles. The number of halogens is 2. The van der Waals surface area contributed by atoms with Crippen molar-refractivity contribution in [2.24, 2.45) is 5.73 Å². The van der Waals surface area contributed by atoms with Gasteiger partial charge in [-0.15, -0.1) is 0 Å². The number of methoxy groups -OCH3 is 1.